The smallest absolute Gasteiger partial charge is 0.133 e. The molecule has 2 nitrogen and oxygen atoms in total. The Morgan fingerprint density at radius 2 is 2.00 bits per heavy atom. The van der Waals surface area contributed by atoms with E-state index in [4.69, 9.17) is 0 Å². The molecule has 0 spiro atoms. The van der Waals surface area contributed by atoms with Crippen LogP contribution in [0, 0.1) is 11.8 Å². The summed E-state index contributed by atoms with van der Waals surface area (Å²) in [6, 6.07) is 0. The molecule has 0 bridgehead atoms. The second-order valence-electron chi connectivity index (χ2n) is 4.27. The van der Waals surface area contributed by atoms with E-state index in [1.54, 1.807) is 0 Å². The van der Waals surface area contributed by atoms with Gasteiger partial charge in [-0.1, -0.05) is 0 Å². The maximum atomic E-state index is 11.1. The van der Waals surface area contributed by atoms with Crippen molar-refractivity contribution in [3.05, 3.63) is 0 Å². The first-order valence-electron chi connectivity index (χ1n) is 4.95. The van der Waals surface area contributed by atoms with Crippen LogP contribution in [0.4, 0.5) is 0 Å². The van der Waals surface area contributed by atoms with Gasteiger partial charge < -0.3 is 5.11 Å². The Morgan fingerprint density at radius 1 is 1.17 bits per heavy atom. The average molecular weight is 168 g/mol. The molecule has 2 rings (SSSR count). The molecule has 2 heteroatoms. The van der Waals surface area contributed by atoms with E-state index in [2.05, 4.69) is 0 Å². The molecule has 2 saturated carbocycles. The molecule has 0 aromatic rings. The zero-order valence-electron chi connectivity index (χ0n) is 7.33. The molecule has 0 heterocycles. The molecule has 2 fully saturated rings. The summed E-state index contributed by atoms with van der Waals surface area (Å²) in [5, 5.41) is 9.42. The molecule has 0 aromatic heterocycles. The van der Waals surface area contributed by atoms with Gasteiger partial charge in [-0.2, -0.15) is 0 Å². The average Bonchev–Trinajstić information content (AvgIpc) is 2.03. The van der Waals surface area contributed by atoms with E-state index in [1.807, 2.05) is 0 Å². The Morgan fingerprint density at radius 3 is 2.83 bits per heavy atom. The van der Waals surface area contributed by atoms with Crippen LogP contribution in [0.25, 0.3) is 0 Å². The van der Waals surface area contributed by atoms with Gasteiger partial charge in [0.25, 0.3) is 0 Å². The Labute approximate surface area is 73.0 Å². The minimum absolute atomic E-state index is 0.128. The van der Waals surface area contributed by atoms with Crippen LogP contribution >= 0.6 is 0 Å². The number of aliphatic hydroxyl groups excluding tert-OH is 1. The Hall–Kier alpha value is -0.370. The van der Waals surface area contributed by atoms with Crippen LogP contribution in [0.2, 0.25) is 0 Å². The highest BCUT2D eigenvalue weighted by molar-refractivity contribution is 5.79. The summed E-state index contributed by atoms with van der Waals surface area (Å²) in [6.45, 7) is 0. The maximum absolute atomic E-state index is 11.1. The lowest BCUT2D eigenvalue weighted by Gasteiger charge is -2.36. The van der Waals surface area contributed by atoms with Crippen LogP contribution in [0.1, 0.15) is 38.5 Å². The van der Waals surface area contributed by atoms with Crippen LogP contribution in [0.15, 0.2) is 0 Å². The van der Waals surface area contributed by atoms with Crippen molar-refractivity contribution < 1.29 is 9.90 Å². The van der Waals surface area contributed by atoms with Crippen LogP contribution in [0.5, 0.6) is 0 Å². The van der Waals surface area contributed by atoms with Gasteiger partial charge in [0, 0.05) is 12.8 Å². The summed E-state index contributed by atoms with van der Waals surface area (Å²) >= 11 is 0. The predicted octanol–water partition coefficient (Wildman–Crippen LogP) is 1.52. The number of carbonyl (C=O) groups is 1. The van der Waals surface area contributed by atoms with Crippen LogP contribution in [0.3, 0.4) is 0 Å². The molecule has 68 valence electrons. The summed E-state index contributed by atoms with van der Waals surface area (Å²) in [5.41, 5.74) is 0. The number of carbonyl (C=O) groups excluding carboxylic acids is 1. The van der Waals surface area contributed by atoms with E-state index in [1.165, 1.54) is 0 Å². The first-order chi connectivity index (χ1) is 5.75. The first-order valence-corrected chi connectivity index (χ1v) is 4.95. The van der Waals surface area contributed by atoms with Crippen LogP contribution < -0.4 is 0 Å². The van der Waals surface area contributed by atoms with E-state index in [0.29, 0.717) is 11.7 Å². The van der Waals surface area contributed by atoms with Gasteiger partial charge in [0.2, 0.25) is 0 Å². The Bertz CT molecular complexity index is 188. The number of ketones is 1. The topological polar surface area (TPSA) is 37.3 Å². The highest BCUT2D eigenvalue weighted by atomic mass is 16.3. The molecule has 0 radical (unpaired) electrons. The largest absolute Gasteiger partial charge is 0.393 e. The van der Waals surface area contributed by atoms with Gasteiger partial charge >= 0.3 is 0 Å². The maximum Gasteiger partial charge on any atom is 0.133 e. The molecule has 0 aliphatic heterocycles. The third kappa shape index (κ3) is 1.53. The van der Waals surface area contributed by atoms with Crippen LogP contribution in [-0.2, 0) is 4.79 Å². The second kappa shape index (κ2) is 3.17. The van der Waals surface area contributed by atoms with Gasteiger partial charge in [-0.05, 0) is 37.5 Å². The molecule has 1 N–H and O–H groups in total. The fraction of sp³-hybridized carbons (Fsp3) is 0.900. The van der Waals surface area contributed by atoms with Crippen molar-refractivity contribution in [3.63, 3.8) is 0 Å². The van der Waals surface area contributed by atoms with E-state index in [-0.39, 0.29) is 6.10 Å². The number of aliphatic hydroxyl groups is 1. The van der Waals surface area contributed by atoms with Gasteiger partial charge in [0.05, 0.1) is 6.10 Å². The van der Waals surface area contributed by atoms with Gasteiger partial charge in [-0.15, -0.1) is 0 Å². The molecule has 2 aliphatic carbocycles. The van der Waals surface area contributed by atoms with Gasteiger partial charge in [-0.3, -0.25) is 4.79 Å². The Kier molecular flexibility index (Phi) is 2.18. The van der Waals surface area contributed by atoms with E-state index in [0.717, 1.165) is 44.4 Å². The van der Waals surface area contributed by atoms with Gasteiger partial charge in [0.15, 0.2) is 0 Å². The van der Waals surface area contributed by atoms with Crippen molar-refractivity contribution in [1.82, 2.24) is 0 Å². The number of hydrogen-bond donors (Lipinski definition) is 1. The summed E-state index contributed by atoms with van der Waals surface area (Å²) in [7, 11) is 0. The molecule has 2 unspecified atom stereocenters. The lowest BCUT2D eigenvalue weighted by Crippen LogP contribution is -2.33. The molecule has 0 amide bonds. The lowest BCUT2D eigenvalue weighted by atomic mass is 9.70. The van der Waals surface area contributed by atoms with E-state index >= 15 is 0 Å². The van der Waals surface area contributed by atoms with Crippen LogP contribution in [-0.4, -0.2) is 17.0 Å². The number of Topliss-reactive ketones (excluding diaryl/α,β-unsaturated/α-hetero) is 1. The van der Waals surface area contributed by atoms with Crippen molar-refractivity contribution in [3.8, 4) is 0 Å². The van der Waals surface area contributed by atoms with Crippen molar-refractivity contribution >= 4 is 5.78 Å². The highest BCUT2D eigenvalue weighted by Crippen LogP contribution is 2.39. The zero-order valence-corrected chi connectivity index (χ0v) is 7.33. The van der Waals surface area contributed by atoms with Crippen molar-refractivity contribution in [1.29, 1.82) is 0 Å². The highest BCUT2D eigenvalue weighted by Gasteiger charge is 2.34. The SMILES string of the molecule is O=C1CCC2CC[C@H](O)CC2C1. The zero-order chi connectivity index (χ0) is 8.55. The number of fused-ring (bicyclic) bond motifs is 1. The van der Waals surface area contributed by atoms with E-state index in [9.17, 15) is 9.90 Å². The molecule has 12 heavy (non-hydrogen) atoms. The predicted molar refractivity (Wildman–Crippen MR) is 45.7 cm³/mol. The van der Waals surface area contributed by atoms with Crippen molar-refractivity contribution in [2.24, 2.45) is 11.8 Å². The van der Waals surface area contributed by atoms with Gasteiger partial charge in [-0.25, -0.2) is 0 Å². The summed E-state index contributed by atoms with van der Waals surface area (Å²) in [4.78, 5) is 11.1. The molecule has 0 aromatic carbocycles. The fourth-order valence-corrected chi connectivity index (χ4v) is 2.67. The summed E-state index contributed by atoms with van der Waals surface area (Å²) in [6.07, 6.45) is 5.44. The number of rotatable bonds is 0. The minimum atomic E-state index is -0.128. The fourth-order valence-electron chi connectivity index (χ4n) is 2.67. The van der Waals surface area contributed by atoms with Crippen molar-refractivity contribution in [2.75, 3.05) is 0 Å². The Balaban J connectivity index is 1.99. The third-order valence-electron chi connectivity index (χ3n) is 3.40. The molecule has 0 saturated heterocycles. The van der Waals surface area contributed by atoms with Gasteiger partial charge in [0.1, 0.15) is 5.78 Å². The molecular formula is C10H16O2. The normalized spacial score (nSPS) is 42.4. The number of hydrogen-bond acceptors (Lipinski definition) is 2. The first kappa shape index (κ1) is 8.24. The van der Waals surface area contributed by atoms with Crippen molar-refractivity contribution in [2.45, 2.75) is 44.6 Å². The third-order valence-corrected chi connectivity index (χ3v) is 3.40. The summed E-state index contributed by atoms with van der Waals surface area (Å²) < 4.78 is 0. The molecule has 2 aliphatic rings. The minimum Gasteiger partial charge on any atom is -0.393 e. The molecule has 3 atom stereocenters. The second-order valence-corrected chi connectivity index (χ2v) is 4.27. The standard InChI is InChI=1S/C10H16O2/c11-9-3-1-7-2-4-10(12)6-8(7)5-9/h7-9,11H,1-6H2/t7?,8?,9-/m0/s1. The lowest BCUT2D eigenvalue weighted by molar-refractivity contribution is -0.124. The summed E-state index contributed by atoms with van der Waals surface area (Å²) in [5.74, 6) is 1.66. The van der Waals surface area contributed by atoms with E-state index < -0.39 is 0 Å². The quantitative estimate of drug-likeness (QED) is 0.595. The molecular weight excluding hydrogens is 152 g/mol. The monoisotopic (exact) mass is 168 g/mol.